The Morgan fingerprint density at radius 3 is 2.41 bits per heavy atom. The molecule has 3 rings (SSSR count). The third-order valence-electron chi connectivity index (χ3n) is 5.23. The van der Waals surface area contributed by atoms with E-state index < -0.39 is 14.9 Å². The van der Waals surface area contributed by atoms with Gasteiger partial charge in [-0.1, -0.05) is 11.6 Å². The van der Waals surface area contributed by atoms with Crippen molar-refractivity contribution >= 4 is 33.0 Å². The first-order valence-corrected chi connectivity index (χ1v) is 10.9. The fraction of sp³-hybridized carbons (Fsp3) is 0.647. The molecule has 0 unspecified atom stereocenters. The first-order valence-electron chi connectivity index (χ1n) is 9.07. The minimum absolute atomic E-state index is 0.0413. The van der Waals surface area contributed by atoms with Gasteiger partial charge in [0.1, 0.15) is 0 Å². The number of hydrogen-bond donors (Lipinski definition) is 1. The molecule has 2 aliphatic rings. The average molecular weight is 418 g/mol. The summed E-state index contributed by atoms with van der Waals surface area (Å²) in [6.07, 6.45) is 2.43. The number of halogens is 1. The van der Waals surface area contributed by atoms with E-state index >= 15 is 0 Å². The standard InChI is InChI=1S/C17H24ClN3O5S/c1-12-10-14(21(22)23)11-16(18)17(12)19-13-2-6-20(7-3-13)27(24,25)15-4-8-26-9-5-15/h10-11,13,15,19H,2-9H2,1H3. The molecule has 150 valence electrons. The van der Waals surface area contributed by atoms with Gasteiger partial charge < -0.3 is 10.1 Å². The lowest BCUT2D eigenvalue weighted by Crippen LogP contribution is -2.47. The first kappa shape index (κ1) is 20.3. The fourth-order valence-corrected chi connectivity index (χ4v) is 5.90. The molecule has 1 aromatic rings. The van der Waals surface area contributed by atoms with Gasteiger partial charge in [0.25, 0.3) is 5.69 Å². The van der Waals surface area contributed by atoms with Crippen LogP contribution in [0.1, 0.15) is 31.2 Å². The van der Waals surface area contributed by atoms with E-state index in [0.29, 0.717) is 68.3 Å². The van der Waals surface area contributed by atoms with E-state index in [9.17, 15) is 18.5 Å². The molecule has 0 spiro atoms. The number of aryl methyl sites for hydroxylation is 1. The molecule has 0 amide bonds. The van der Waals surface area contributed by atoms with E-state index in [2.05, 4.69) is 5.32 Å². The highest BCUT2D eigenvalue weighted by molar-refractivity contribution is 7.89. The quantitative estimate of drug-likeness (QED) is 0.583. The number of piperidine rings is 1. The maximum absolute atomic E-state index is 12.8. The molecule has 2 heterocycles. The highest BCUT2D eigenvalue weighted by Crippen LogP contribution is 2.33. The van der Waals surface area contributed by atoms with E-state index in [0.717, 1.165) is 0 Å². The summed E-state index contributed by atoms with van der Waals surface area (Å²) in [4.78, 5) is 10.5. The van der Waals surface area contributed by atoms with E-state index in [1.165, 1.54) is 12.1 Å². The number of ether oxygens (including phenoxy) is 1. The van der Waals surface area contributed by atoms with E-state index in [4.69, 9.17) is 16.3 Å². The highest BCUT2D eigenvalue weighted by atomic mass is 35.5. The Hall–Kier alpha value is -1.42. The molecule has 0 bridgehead atoms. The van der Waals surface area contributed by atoms with Crippen molar-refractivity contribution in [2.45, 2.75) is 43.9 Å². The zero-order chi connectivity index (χ0) is 19.6. The van der Waals surface area contributed by atoms with Crippen LogP contribution in [0.5, 0.6) is 0 Å². The van der Waals surface area contributed by atoms with Crippen LogP contribution in [-0.4, -0.2) is 55.2 Å². The van der Waals surface area contributed by atoms with Gasteiger partial charge in [0.15, 0.2) is 0 Å². The maximum Gasteiger partial charge on any atom is 0.271 e. The first-order chi connectivity index (χ1) is 12.8. The van der Waals surface area contributed by atoms with Gasteiger partial charge in [-0.2, -0.15) is 0 Å². The second-order valence-electron chi connectivity index (χ2n) is 7.05. The maximum atomic E-state index is 12.8. The van der Waals surface area contributed by atoms with Crippen molar-refractivity contribution in [3.8, 4) is 0 Å². The van der Waals surface area contributed by atoms with Gasteiger partial charge in [-0.25, -0.2) is 12.7 Å². The molecule has 10 heteroatoms. The van der Waals surface area contributed by atoms with Crippen molar-refractivity contribution in [2.75, 3.05) is 31.6 Å². The van der Waals surface area contributed by atoms with Crippen LogP contribution in [0.2, 0.25) is 5.02 Å². The molecule has 0 radical (unpaired) electrons. The van der Waals surface area contributed by atoms with Crippen molar-refractivity contribution < 1.29 is 18.1 Å². The van der Waals surface area contributed by atoms with E-state index in [1.54, 1.807) is 11.2 Å². The minimum atomic E-state index is -3.29. The number of nitro groups is 1. The van der Waals surface area contributed by atoms with Crippen molar-refractivity contribution in [1.29, 1.82) is 0 Å². The second-order valence-corrected chi connectivity index (χ2v) is 9.67. The molecule has 0 saturated carbocycles. The topological polar surface area (TPSA) is 102 Å². The van der Waals surface area contributed by atoms with E-state index in [-0.39, 0.29) is 17.0 Å². The van der Waals surface area contributed by atoms with Crippen LogP contribution in [0.4, 0.5) is 11.4 Å². The van der Waals surface area contributed by atoms with Crippen LogP contribution >= 0.6 is 11.6 Å². The molecule has 0 atom stereocenters. The number of sulfonamides is 1. The summed E-state index contributed by atoms with van der Waals surface area (Å²) in [5, 5.41) is 14.2. The number of rotatable bonds is 5. The predicted molar refractivity (Wildman–Crippen MR) is 104 cm³/mol. The van der Waals surface area contributed by atoms with Crippen LogP contribution in [-0.2, 0) is 14.8 Å². The number of nitro benzene ring substituents is 1. The minimum Gasteiger partial charge on any atom is -0.381 e. The number of nitrogens with one attached hydrogen (secondary N) is 1. The third kappa shape index (κ3) is 4.53. The summed E-state index contributed by atoms with van der Waals surface area (Å²) < 4.78 is 32.4. The van der Waals surface area contributed by atoms with Crippen molar-refractivity contribution in [2.24, 2.45) is 0 Å². The second kappa shape index (κ2) is 8.30. The third-order valence-corrected chi connectivity index (χ3v) is 7.93. The van der Waals surface area contributed by atoms with Crippen LogP contribution < -0.4 is 5.32 Å². The van der Waals surface area contributed by atoms with Gasteiger partial charge in [-0.05, 0) is 38.2 Å². The Balaban J connectivity index is 1.62. The molecule has 2 saturated heterocycles. The number of nitrogens with zero attached hydrogens (tertiary/aromatic N) is 2. The summed E-state index contributed by atoms with van der Waals surface area (Å²) in [5.74, 6) is 0. The molecule has 0 aromatic heterocycles. The van der Waals surface area contributed by atoms with Crippen LogP contribution in [0, 0.1) is 17.0 Å². The van der Waals surface area contributed by atoms with Gasteiger partial charge in [-0.15, -0.1) is 0 Å². The van der Waals surface area contributed by atoms with Crippen molar-refractivity contribution in [1.82, 2.24) is 4.31 Å². The van der Waals surface area contributed by atoms with Gasteiger partial charge in [0.05, 0.1) is 20.9 Å². The molecule has 27 heavy (non-hydrogen) atoms. The molecule has 0 aliphatic carbocycles. The van der Waals surface area contributed by atoms with Crippen molar-refractivity contribution in [3.63, 3.8) is 0 Å². The largest absolute Gasteiger partial charge is 0.381 e. The summed E-state index contributed by atoms with van der Waals surface area (Å²) in [5.41, 5.74) is 1.33. The molecule has 8 nitrogen and oxygen atoms in total. The number of hydrogen-bond acceptors (Lipinski definition) is 6. The summed E-state index contributed by atoms with van der Waals surface area (Å²) >= 11 is 6.22. The Morgan fingerprint density at radius 2 is 1.85 bits per heavy atom. The molecular formula is C17H24ClN3O5S. The van der Waals surface area contributed by atoms with Crippen molar-refractivity contribution in [3.05, 3.63) is 32.8 Å². The van der Waals surface area contributed by atoms with Crippen LogP contribution in [0.3, 0.4) is 0 Å². The lowest BCUT2D eigenvalue weighted by molar-refractivity contribution is -0.384. The summed E-state index contributed by atoms with van der Waals surface area (Å²) in [6, 6.07) is 2.89. The number of benzene rings is 1. The molecule has 2 fully saturated rings. The smallest absolute Gasteiger partial charge is 0.271 e. The Kier molecular flexibility index (Phi) is 6.25. The lowest BCUT2D eigenvalue weighted by atomic mass is 10.1. The summed E-state index contributed by atoms with van der Waals surface area (Å²) in [6.45, 7) is 3.69. The lowest BCUT2D eigenvalue weighted by Gasteiger charge is -2.35. The zero-order valence-electron chi connectivity index (χ0n) is 15.2. The normalized spacial score (nSPS) is 20.5. The fourth-order valence-electron chi connectivity index (χ4n) is 3.66. The molecule has 2 aliphatic heterocycles. The summed E-state index contributed by atoms with van der Waals surface area (Å²) in [7, 11) is -3.29. The van der Waals surface area contributed by atoms with Crippen LogP contribution in [0.15, 0.2) is 12.1 Å². The predicted octanol–water partition coefficient (Wildman–Crippen LogP) is 2.94. The number of anilines is 1. The molecule has 1 N–H and O–H groups in total. The Bertz CT molecular complexity index is 780. The molecular weight excluding hydrogens is 394 g/mol. The highest BCUT2D eigenvalue weighted by Gasteiger charge is 2.35. The Morgan fingerprint density at radius 1 is 1.22 bits per heavy atom. The van der Waals surface area contributed by atoms with Gasteiger partial charge in [-0.3, -0.25) is 10.1 Å². The zero-order valence-corrected chi connectivity index (χ0v) is 16.8. The van der Waals surface area contributed by atoms with E-state index in [1.807, 2.05) is 0 Å². The van der Waals surface area contributed by atoms with Crippen LogP contribution in [0.25, 0.3) is 0 Å². The number of non-ortho nitro benzene ring substituents is 1. The van der Waals surface area contributed by atoms with Gasteiger partial charge >= 0.3 is 0 Å². The Labute approximate surface area is 164 Å². The monoisotopic (exact) mass is 417 g/mol. The van der Waals surface area contributed by atoms with Gasteiger partial charge in [0.2, 0.25) is 10.0 Å². The SMILES string of the molecule is Cc1cc([N+](=O)[O-])cc(Cl)c1NC1CCN(S(=O)(=O)C2CCOCC2)CC1. The van der Waals surface area contributed by atoms with Gasteiger partial charge in [0, 0.05) is 44.5 Å². The molecule has 1 aromatic carbocycles. The average Bonchev–Trinajstić information content (AvgIpc) is 2.65.